The number of pyridine rings is 1. The third-order valence-electron chi connectivity index (χ3n) is 3.42. The van der Waals surface area contributed by atoms with Crippen LogP contribution < -0.4 is 0 Å². The van der Waals surface area contributed by atoms with Crippen molar-refractivity contribution < 1.29 is 18.3 Å². The molecule has 1 N–H and O–H groups in total. The smallest absolute Gasteiger partial charge is 0.382 e. The van der Waals surface area contributed by atoms with Gasteiger partial charge in [0.1, 0.15) is 6.10 Å². The zero-order valence-corrected chi connectivity index (χ0v) is 12.4. The van der Waals surface area contributed by atoms with Gasteiger partial charge in [0.15, 0.2) is 0 Å². The van der Waals surface area contributed by atoms with Gasteiger partial charge in [0.25, 0.3) is 0 Å². The molecular formula is C16H14F3NOS. The molecule has 0 aliphatic heterocycles. The molecule has 0 radical (unpaired) electrons. The Labute approximate surface area is 130 Å². The summed E-state index contributed by atoms with van der Waals surface area (Å²) in [5, 5.41) is 10.9. The quantitative estimate of drug-likeness (QED) is 0.902. The van der Waals surface area contributed by atoms with Crippen LogP contribution in [-0.4, -0.2) is 15.3 Å². The summed E-state index contributed by atoms with van der Waals surface area (Å²) in [6.45, 7) is 0. The summed E-state index contributed by atoms with van der Waals surface area (Å²) >= 11 is 1.81. The molecular weight excluding hydrogens is 311 g/mol. The lowest BCUT2D eigenvalue weighted by atomic mass is 10.1. The van der Waals surface area contributed by atoms with Gasteiger partial charge >= 0.3 is 6.18 Å². The summed E-state index contributed by atoms with van der Waals surface area (Å²) in [6, 6.07) is 9.56. The molecule has 1 aromatic carbocycles. The van der Waals surface area contributed by atoms with Gasteiger partial charge in [-0.2, -0.15) is 13.2 Å². The Balaban J connectivity index is 1.73. The third-order valence-corrected chi connectivity index (χ3v) is 4.77. The molecule has 1 atom stereocenters. The Bertz CT molecular complexity index is 636. The van der Waals surface area contributed by atoms with Crippen molar-refractivity contribution in [1.29, 1.82) is 0 Å². The van der Waals surface area contributed by atoms with E-state index in [1.165, 1.54) is 18.9 Å². The van der Waals surface area contributed by atoms with Crippen LogP contribution >= 0.6 is 11.8 Å². The monoisotopic (exact) mass is 325 g/mol. The highest BCUT2D eigenvalue weighted by Crippen LogP contribution is 2.39. The first kappa shape index (κ1) is 15.4. The first-order valence-corrected chi connectivity index (χ1v) is 7.79. The zero-order valence-electron chi connectivity index (χ0n) is 11.5. The predicted octanol–water partition coefficient (Wildman–Crippen LogP) is 4.44. The number of halogens is 3. The van der Waals surface area contributed by atoms with Gasteiger partial charge < -0.3 is 5.11 Å². The van der Waals surface area contributed by atoms with Gasteiger partial charge in [0.05, 0.1) is 11.3 Å². The van der Waals surface area contributed by atoms with Crippen LogP contribution in [0, 0.1) is 0 Å². The van der Waals surface area contributed by atoms with Crippen molar-refractivity contribution in [2.45, 2.75) is 35.3 Å². The van der Waals surface area contributed by atoms with E-state index in [2.05, 4.69) is 4.98 Å². The van der Waals surface area contributed by atoms with Crippen molar-refractivity contribution in [3.63, 3.8) is 0 Å². The molecule has 3 rings (SSSR count). The van der Waals surface area contributed by atoms with E-state index in [1.54, 1.807) is 12.1 Å². The fourth-order valence-corrected chi connectivity index (χ4v) is 3.06. The number of hydrogen-bond donors (Lipinski definition) is 1. The van der Waals surface area contributed by atoms with Crippen LogP contribution in [0.1, 0.15) is 35.8 Å². The van der Waals surface area contributed by atoms with E-state index in [0.29, 0.717) is 10.8 Å². The van der Waals surface area contributed by atoms with Gasteiger partial charge in [-0.25, -0.2) is 0 Å². The molecule has 1 heterocycles. The third kappa shape index (κ3) is 3.62. The Kier molecular flexibility index (Phi) is 4.14. The molecule has 22 heavy (non-hydrogen) atoms. The molecule has 1 aliphatic carbocycles. The zero-order chi connectivity index (χ0) is 15.7. The normalized spacial score (nSPS) is 16.5. The van der Waals surface area contributed by atoms with Crippen LogP contribution in [-0.2, 0) is 6.18 Å². The van der Waals surface area contributed by atoms with E-state index < -0.39 is 17.8 Å². The maximum atomic E-state index is 12.5. The first-order chi connectivity index (χ1) is 10.4. The minimum Gasteiger partial charge on any atom is -0.382 e. The second-order valence-electron chi connectivity index (χ2n) is 5.26. The highest BCUT2D eigenvalue weighted by Gasteiger charge is 2.31. The lowest BCUT2D eigenvalue weighted by Gasteiger charge is -2.12. The van der Waals surface area contributed by atoms with E-state index in [4.69, 9.17) is 0 Å². The van der Waals surface area contributed by atoms with E-state index >= 15 is 0 Å². The van der Waals surface area contributed by atoms with Crippen molar-refractivity contribution >= 4 is 11.8 Å². The van der Waals surface area contributed by atoms with Gasteiger partial charge in [-0.05, 0) is 42.7 Å². The SMILES string of the molecule is OC(c1ccc(SC2CC2)cc1)c1ccc(C(F)(F)F)cn1. The summed E-state index contributed by atoms with van der Waals surface area (Å²) in [4.78, 5) is 4.86. The number of rotatable bonds is 4. The fourth-order valence-electron chi connectivity index (χ4n) is 2.01. The highest BCUT2D eigenvalue weighted by molar-refractivity contribution is 8.00. The summed E-state index contributed by atoms with van der Waals surface area (Å²) in [7, 11) is 0. The number of alkyl halides is 3. The lowest BCUT2D eigenvalue weighted by molar-refractivity contribution is -0.137. The van der Waals surface area contributed by atoms with Crippen LogP contribution in [0.25, 0.3) is 0 Å². The van der Waals surface area contributed by atoms with Crippen molar-refractivity contribution in [3.8, 4) is 0 Å². The first-order valence-electron chi connectivity index (χ1n) is 6.91. The maximum absolute atomic E-state index is 12.5. The molecule has 1 aliphatic rings. The van der Waals surface area contributed by atoms with Gasteiger partial charge in [0, 0.05) is 16.3 Å². The van der Waals surface area contributed by atoms with Crippen LogP contribution in [0.15, 0.2) is 47.5 Å². The summed E-state index contributed by atoms with van der Waals surface area (Å²) in [5.74, 6) is 0. The van der Waals surface area contributed by atoms with Gasteiger partial charge in [0.2, 0.25) is 0 Å². The molecule has 1 fully saturated rings. The Hall–Kier alpha value is -1.53. The lowest BCUT2D eigenvalue weighted by Crippen LogP contribution is -2.08. The van der Waals surface area contributed by atoms with E-state index in [0.717, 1.165) is 17.2 Å². The van der Waals surface area contributed by atoms with Crippen molar-refractivity contribution in [1.82, 2.24) is 4.98 Å². The molecule has 6 heteroatoms. The summed E-state index contributed by atoms with van der Waals surface area (Å²) < 4.78 is 37.5. The average molecular weight is 325 g/mol. The highest BCUT2D eigenvalue weighted by atomic mass is 32.2. The number of aliphatic hydroxyl groups is 1. The van der Waals surface area contributed by atoms with Gasteiger partial charge in [-0.1, -0.05) is 12.1 Å². The average Bonchev–Trinajstić information content (AvgIpc) is 3.31. The fraction of sp³-hybridized carbons (Fsp3) is 0.312. The molecule has 0 bridgehead atoms. The molecule has 0 saturated heterocycles. The van der Waals surface area contributed by atoms with E-state index in [9.17, 15) is 18.3 Å². The number of nitrogens with zero attached hydrogens (tertiary/aromatic N) is 1. The predicted molar refractivity (Wildman–Crippen MR) is 78.6 cm³/mol. The van der Waals surface area contributed by atoms with E-state index in [-0.39, 0.29) is 5.69 Å². The molecule has 1 unspecified atom stereocenters. The molecule has 1 aromatic heterocycles. The second-order valence-corrected chi connectivity index (χ2v) is 6.63. The van der Waals surface area contributed by atoms with Gasteiger partial charge in [-0.15, -0.1) is 11.8 Å². The Morgan fingerprint density at radius 1 is 1.09 bits per heavy atom. The topological polar surface area (TPSA) is 33.1 Å². The summed E-state index contributed by atoms with van der Waals surface area (Å²) in [6.07, 6.45) is -2.22. The van der Waals surface area contributed by atoms with Crippen molar-refractivity contribution in [3.05, 3.63) is 59.4 Å². The number of thioether (sulfide) groups is 1. The maximum Gasteiger partial charge on any atom is 0.417 e. The number of benzene rings is 1. The van der Waals surface area contributed by atoms with E-state index in [1.807, 2.05) is 23.9 Å². The summed E-state index contributed by atoms with van der Waals surface area (Å²) in [5.41, 5.74) is 0.00244. The molecule has 0 amide bonds. The molecule has 2 aromatic rings. The molecule has 2 nitrogen and oxygen atoms in total. The molecule has 1 saturated carbocycles. The minimum atomic E-state index is -4.42. The van der Waals surface area contributed by atoms with Crippen molar-refractivity contribution in [2.24, 2.45) is 0 Å². The molecule has 0 spiro atoms. The number of hydrogen-bond acceptors (Lipinski definition) is 3. The number of aliphatic hydroxyl groups excluding tert-OH is 1. The van der Waals surface area contributed by atoms with Crippen molar-refractivity contribution in [2.75, 3.05) is 0 Å². The Morgan fingerprint density at radius 2 is 1.77 bits per heavy atom. The van der Waals surface area contributed by atoms with Crippen LogP contribution in [0.4, 0.5) is 13.2 Å². The standard InChI is InChI=1S/C16H14F3NOS/c17-16(18,19)11-3-8-14(20-9-11)15(21)10-1-4-12(5-2-10)22-13-6-7-13/h1-5,8-9,13,15,21H,6-7H2. The van der Waals surface area contributed by atoms with Crippen LogP contribution in [0.3, 0.4) is 0 Å². The largest absolute Gasteiger partial charge is 0.417 e. The minimum absolute atomic E-state index is 0.204. The molecule has 116 valence electrons. The van der Waals surface area contributed by atoms with Crippen LogP contribution in [0.5, 0.6) is 0 Å². The van der Waals surface area contributed by atoms with Crippen LogP contribution in [0.2, 0.25) is 0 Å². The van der Waals surface area contributed by atoms with Gasteiger partial charge in [-0.3, -0.25) is 4.98 Å². The number of aromatic nitrogens is 1. The second kappa shape index (κ2) is 5.93. The Morgan fingerprint density at radius 3 is 2.27 bits per heavy atom.